The maximum atomic E-state index is 12.5. The van der Waals surface area contributed by atoms with Crippen molar-refractivity contribution in [3.8, 4) is 0 Å². The van der Waals surface area contributed by atoms with Crippen molar-refractivity contribution >= 4 is 40.8 Å². The molecule has 0 bridgehead atoms. The van der Waals surface area contributed by atoms with E-state index in [9.17, 15) is 4.79 Å². The van der Waals surface area contributed by atoms with Crippen LogP contribution in [0.4, 0.5) is 5.69 Å². The molecule has 120 valence electrons. The molecule has 0 saturated carbocycles. The van der Waals surface area contributed by atoms with Gasteiger partial charge in [-0.05, 0) is 54.7 Å². The highest BCUT2D eigenvalue weighted by atomic mass is 32.2. The van der Waals surface area contributed by atoms with Crippen molar-refractivity contribution in [2.24, 2.45) is 0 Å². The fraction of sp³-hybridized carbons (Fsp3) is 0.316. The summed E-state index contributed by atoms with van der Waals surface area (Å²) in [4.78, 5) is 15.9. The molecule has 1 aromatic carbocycles. The molecule has 1 aliphatic heterocycles. The SMILES string of the molecule is Cc1sc2c(c1C)CSC(C(=O)Nc1ccc(C(C)C)cc1)=C2. The number of amides is 1. The zero-order chi connectivity index (χ0) is 16.6. The minimum Gasteiger partial charge on any atom is -0.322 e. The Bertz CT molecular complexity index is 769. The Morgan fingerprint density at radius 3 is 2.52 bits per heavy atom. The number of fused-ring (bicyclic) bond motifs is 1. The lowest BCUT2D eigenvalue weighted by atomic mass is 10.0. The van der Waals surface area contributed by atoms with Gasteiger partial charge in [0.05, 0.1) is 4.91 Å². The second-order valence-corrected chi connectivity index (χ2v) is 8.43. The predicted molar refractivity (Wildman–Crippen MR) is 102 cm³/mol. The van der Waals surface area contributed by atoms with Crippen molar-refractivity contribution in [1.29, 1.82) is 0 Å². The van der Waals surface area contributed by atoms with Crippen molar-refractivity contribution in [2.45, 2.75) is 39.4 Å². The van der Waals surface area contributed by atoms with E-state index in [2.05, 4.69) is 45.1 Å². The molecule has 0 fully saturated rings. The van der Waals surface area contributed by atoms with E-state index in [1.165, 1.54) is 26.4 Å². The molecule has 0 atom stereocenters. The minimum atomic E-state index is -0.0124. The fourth-order valence-corrected chi connectivity index (χ4v) is 4.93. The van der Waals surface area contributed by atoms with Crippen molar-refractivity contribution < 1.29 is 4.79 Å². The Morgan fingerprint density at radius 1 is 1.17 bits per heavy atom. The van der Waals surface area contributed by atoms with Gasteiger partial charge < -0.3 is 5.32 Å². The van der Waals surface area contributed by atoms with Gasteiger partial charge >= 0.3 is 0 Å². The molecule has 1 amide bonds. The molecule has 1 N–H and O–H groups in total. The Balaban J connectivity index is 1.76. The second-order valence-electron chi connectivity index (χ2n) is 6.15. The summed E-state index contributed by atoms with van der Waals surface area (Å²) in [7, 11) is 0. The first-order chi connectivity index (χ1) is 11.0. The number of thiophene rings is 1. The number of carbonyl (C=O) groups excluding carboxylic acids is 1. The van der Waals surface area contributed by atoms with Gasteiger partial charge in [0.25, 0.3) is 5.91 Å². The smallest absolute Gasteiger partial charge is 0.262 e. The molecule has 0 unspecified atom stereocenters. The molecule has 2 nitrogen and oxygen atoms in total. The zero-order valence-electron chi connectivity index (χ0n) is 13.9. The molecule has 23 heavy (non-hydrogen) atoms. The first kappa shape index (κ1) is 16.3. The number of hydrogen-bond donors (Lipinski definition) is 1. The van der Waals surface area contributed by atoms with Crippen LogP contribution >= 0.6 is 23.1 Å². The number of rotatable bonds is 3. The van der Waals surface area contributed by atoms with E-state index in [0.29, 0.717) is 5.92 Å². The molecular formula is C19H21NOS2. The van der Waals surface area contributed by atoms with E-state index in [4.69, 9.17) is 0 Å². The number of benzene rings is 1. The van der Waals surface area contributed by atoms with E-state index in [1.54, 1.807) is 23.1 Å². The molecule has 3 rings (SSSR count). The number of anilines is 1. The van der Waals surface area contributed by atoms with Crippen LogP contribution in [-0.2, 0) is 10.5 Å². The molecule has 0 spiro atoms. The minimum absolute atomic E-state index is 0.0124. The molecule has 2 heterocycles. The zero-order valence-corrected chi connectivity index (χ0v) is 15.5. The number of nitrogens with one attached hydrogen (secondary N) is 1. The topological polar surface area (TPSA) is 29.1 Å². The van der Waals surface area contributed by atoms with Crippen LogP contribution in [0.15, 0.2) is 29.2 Å². The van der Waals surface area contributed by atoms with Crippen LogP contribution in [-0.4, -0.2) is 5.91 Å². The van der Waals surface area contributed by atoms with Crippen molar-refractivity contribution in [2.75, 3.05) is 5.32 Å². The Hall–Kier alpha value is -1.52. The molecular weight excluding hydrogens is 322 g/mol. The van der Waals surface area contributed by atoms with Gasteiger partial charge in [-0.1, -0.05) is 26.0 Å². The second kappa shape index (κ2) is 6.54. The first-order valence-electron chi connectivity index (χ1n) is 7.80. The van der Waals surface area contributed by atoms with Crippen LogP contribution in [0.5, 0.6) is 0 Å². The summed E-state index contributed by atoms with van der Waals surface area (Å²) in [6.45, 7) is 8.65. The third-order valence-electron chi connectivity index (χ3n) is 4.23. The summed E-state index contributed by atoms with van der Waals surface area (Å²) in [5.74, 6) is 1.37. The molecule has 4 heteroatoms. The summed E-state index contributed by atoms with van der Waals surface area (Å²) < 4.78 is 0. The monoisotopic (exact) mass is 343 g/mol. The summed E-state index contributed by atoms with van der Waals surface area (Å²) in [5, 5.41) is 3.01. The van der Waals surface area contributed by atoms with E-state index >= 15 is 0 Å². The normalized spacial score (nSPS) is 13.7. The Labute approximate surface area is 146 Å². The highest BCUT2D eigenvalue weighted by Crippen LogP contribution is 2.39. The van der Waals surface area contributed by atoms with Crippen molar-refractivity contribution in [3.63, 3.8) is 0 Å². The highest BCUT2D eigenvalue weighted by Gasteiger charge is 2.21. The van der Waals surface area contributed by atoms with Gasteiger partial charge in [0, 0.05) is 21.2 Å². The van der Waals surface area contributed by atoms with Crippen LogP contribution in [0, 0.1) is 13.8 Å². The lowest BCUT2D eigenvalue weighted by Gasteiger charge is -2.14. The summed E-state index contributed by atoms with van der Waals surface area (Å²) in [6, 6.07) is 8.11. The fourth-order valence-electron chi connectivity index (χ4n) is 2.58. The quantitative estimate of drug-likeness (QED) is 0.773. The van der Waals surface area contributed by atoms with E-state index in [-0.39, 0.29) is 5.91 Å². The van der Waals surface area contributed by atoms with E-state index < -0.39 is 0 Å². The van der Waals surface area contributed by atoms with Crippen LogP contribution < -0.4 is 5.32 Å². The number of carbonyl (C=O) groups is 1. The summed E-state index contributed by atoms with van der Waals surface area (Å²) >= 11 is 3.40. The summed E-state index contributed by atoms with van der Waals surface area (Å²) in [6.07, 6.45) is 2.03. The number of aryl methyl sites for hydroxylation is 1. The van der Waals surface area contributed by atoms with E-state index in [0.717, 1.165) is 16.3 Å². The van der Waals surface area contributed by atoms with Gasteiger partial charge in [0.2, 0.25) is 0 Å². The van der Waals surface area contributed by atoms with Crippen LogP contribution in [0.2, 0.25) is 0 Å². The van der Waals surface area contributed by atoms with Gasteiger partial charge in [0.15, 0.2) is 0 Å². The molecule has 0 aliphatic carbocycles. The number of thioether (sulfide) groups is 1. The predicted octanol–water partition coefficient (Wildman–Crippen LogP) is 5.71. The van der Waals surface area contributed by atoms with Crippen LogP contribution in [0.1, 0.15) is 46.2 Å². The van der Waals surface area contributed by atoms with Crippen LogP contribution in [0.3, 0.4) is 0 Å². The summed E-state index contributed by atoms with van der Waals surface area (Å²) in [5.41, 5.74) is 4.89. The van der Waals surface area contributed by atoms with Gasteiger partial charge in [-0.2, -0.15) is 0 Å². The molecule has 1 aromatic heterocycles. The van der Waals surface area contributed by atoms with E-state index in [1.807, 2.05) is 18.2 Å². The Morgan fingerprint density at radius 2 is 1.87 bits per heavy atom. The lowest BCUT2D eigenvalue weighted by Crippen LogP contribution is -2.14. The maximum absolute atomic E-state index is 12.5. The van der Waals surface area contributed by atoms with Gasteiger partial charge in [-0.3, -0.25) is 4.79 Å². The third kappa shape index (κ3) is 3.38. The molecule has 0 radical (unpaired) electrons. The van der Waals surface area contributed by atoms with Crippen molar-refractivity contribution in [1.82, 2.24) is 0 Å². The maximum Gasteiger partial charge on any atom is 0.262 e. The molecule has 0 saturated heterocycles. The largest absolute Gasteiger partial charge is 0.322 e. The highest BCUT2D eigenvalue weighted by molar-refractivity contribution is 8.03. The molecule has 2 aromatic rings. The van der Waals surface area contributed by atoms with Crippen molar-refractivity contribution in [3.05, 3.63) is 55.6 Å². The first-order valence-corrected chi connectivity index (χ1v) is 9.60. The average Bonchev–Trinajstić information content (AvgIpc) is 2.82. The number of hydrogen-bond acceptors (Lipinski definition) is 3. The molecule has 1 aliphatic rings. The van der Waals surface area contributed by atoms with Gasteiger partial charge in [0.1, 0.15) is 0 Å². The average molecular weight is 344 g/mol. The van der Waals surface area contributed by atoms with Crippen LogP contribution in [0.25, 0.3) is 6.08 Å². The lowest BCUT2D eigenvalue weighted by molar-refractivity contribution is -0.112. The standard InChI is InChI=1S/C19H21NOS2/c1-11(2)14-5-7-15(8-6-14)20-19(21)18-9-17-16(10-22-18)12(3)13(4)23-17/h5-9,11H,10H2,1-4H3,(H,20,21). The van der Waals surface area contributed by atoms with Gasteiger partial charge in [-0.15, -0.1) is 23.1 Å². The van der Waals surface area contributed by atoms with Gasteiger partial charge in [-0.25, -0.2) is 0 Å². The third-order valence-corrected chi connectivity index (χ3v) is 6.48. The Kier molecular flexibility index (Phi) is 4.64.